The van der Waals surface area contributed by atoms with E-state index in [9.17, 15) is 4.79 Å². The van der Waals surface area contributed by atoms with E-state index in [1.54, 1.807) is 0 Å². The Bertz CT molecular complexity index is 834. The average Bonchev–Trinajstić information content (AvgIpc) is 2.98. The van der Waals surface area contributed by atoms with E-state index in [1.807, 2.05) is 32.9 Å². The second kappa shape index (κ2) is 6.89. The molecule has 0 saturated carbocycles. The summed E-state index contributed by atoms with van der Waals surface area (Å²) in [6.45, 7) is 9.76. The van der Waals surface area contributed by atoms with Gasteiger partial charge >= 0.3 is 0 Å². The van der Waals surface area contributed by atoms with Crippen LogP contribution in [0.2, 0.25) is 0 Å². The molecule has 1 saturated heterocycles. The Kier molecular flexibility index (Phi) is 4.58. The zero-order valence-corrected chi connectivity index (χ0v) is 15.6. The lowest BCUT2D eigenvalue weighted by atomic mass is 10.1. The molecule has 2 aliphatic heterocycles. The van der Waals surface area contributed by atoms with Crippen LogP contribution in [0.5, 0.6) is 0 Å². The molecule has 4 rings (SSSR count). The molecule has 0 spiro atoms. The van der Waals surface area contributed by atoms with Crippen LogP contribution in [0.1, 0.15) is 36.6 Å². The summed E-state index contributed by atoms with van der Waals surface area (Å²) in [5.41, 5.74) is 1.69. The van der Waals surface area contributed by atoms with Gasteiger partial charge in [0.1, 0.15) is 11.5 Å². The van der Waals surface area contributed by atoms with Crippen LogP contribution in [0.15, 0.2) is 21.3 Å². The van der Waals surface area contributed by atoms with Crippen molar-refractivity contribution < 1.29 is 9.15 Å². The van der Waals surface area contributed by atoms with Crippen LogP contribution in [-0.2, 0) is 24.2 Å². The molecule has 0 aromatic carbocycles. The molecule has 0 radical (unpaired) electrons. The number of ether oxygens (including phenoxy) is 1. The summed E-state index contributed by atoms with van der Waals surface area (Å²) in [5.74, 6) is 2.53. The van der Waals surface area contributed by atoms with Gasteiger partial charge in [0, 0.05) is 31.7 Å². The van der Waals surface area contributed by atoms with Crippen LogP contribution >= 0.6 is 0 Å². The Labute approximate surface area is 153 Å². The monoisotopic (exact) mass is 358 g/mol. The molecule has 7 heteroatoms. The van der Waals surface area contributed by atoms with Crippen molar-refractivity contribution in [2.45, 2.75) is 52.5 Å². The van der Waals surface area contributed by atoms with Crippen LogP contribution in [0.3, 0.4) is 0 Å². The van der Waals surface area contributed by atoms with Crippen molar-refractivity contribution in [1.29, 1.82) is 0 Å². The van der Waals surface area contributed by atoms with E-state index >= 15 is 0 Å². The lowest BCUT2D eigenvalue weighted by molar-refractivity contribution is -0.00576. The minimum absolute atomic E-state index is 0.00899. The molecule has 0 bridgehead atoms. The maximum Gasteiger partial charge on any atom is 0.255 e. The molecule has 0 aliphatic carbocycles. The van der Waals surface area contributed by atoms with Gasteiger partial charge in [-0.2, -0.15) is 0 Å². The van der Waals surface area contributed by atoms with Gasteiger partial charge in [-0.1, -0.05) is 0 Å². The molecule has 7 nitrogen and oxygen atoms in total. The normalized spacial score (nSPS) is 23.9. The van der Waals surface area contributed by atoms with Gasteiger partial charge in [-0.25, -0.2) is 4.98 Å². The molecular weight excluding hydrogens is 332 g/mol. The van der Waals surface area contributed by atoms with Crippen molar-refractivity contribution in [3.05, 3.63) is 45.3 Å². The Morgan fingerprint density at radius 1 is 1.27 bits per heavy atom. The van der Waals surface area contributed by atoms with Crippen LogP contribution in [0.4, 0.5) is 5.95 Å². The summed E-state index contributed by atoms with van der Waals surface area (Å²) in [7, 11) is 0. The first-order valence-electron chi connectivity index (χ1n) is 9.28. The molecular formula is C19H26N4O3. The number of nitrogens with one attached hydrogen (secondary N) is 1. The molecule has 0 amide bonds. The number of aryl methyl sites for hydroxylation is 1. The number of aromatic nitrogens is 2. The number of hydrogen-bond donors (Lipinski definition) is 1. The van der Waals surface area contributed by atoms with E-state index in [0.717, 1.165) is 49.0 Å². The fraction of sp³-hybridized carbons (Fsp3) is 0.579. The third kappa shape index (κ3) is 3.54. The number of nitrogens with zero attached hydrogens (tertiary/aromatic N) is 3. The maximum absolute atomic E-state index is 12.6. The summed E-state index contributed by atoms with van der Waals surface area (Å²) in [5, 5.41) is 0. The third-order valence-corrected chi connectivity index (χ3v) is 5.03. The standard InChI is InChI=1S/C19H26N4O3/c1-12-4-5-15(26-12)10-22-7-6-16-17(11-22)20-19(21-18(16)24)23-8-13(2)25-14(3)9-23/h4-5,13-14H,6-11H2,1-3H3,(H,20,21,24)/t13-,14+. The molecule has 1 N–H and O–H groups in total. The topological polar surface area (TPSA) is 74.6 Å². The molecule has 0 unspecified atom stereocenters. The van der Waals surface area contributed by atoms with E-state index in [0.29, 0.717) is 18.9 Å². The number of fused-ring (bicyclic) bond motifs is 1. The molecule has 1 fully saturated rings. The number of morpholine rings is 1. The molecule has 140 valence electrons. The Hall–Kier alpha value is -2.12. The fourth-order valence-corrected chi connectivity index (χ4v) is 3.91. The van der Waals surface area contributed by atoms with Crippen LogP contribution in [-0.4, -0.2) is 46.7 Å². The smallest absolute Gasteiger partial charge is 0.255 e. The SMILES string of the molecule is Cc1ccc(CN2CCc3c(nc(N4C[C@@H](C)O[C@@H](C)C4)[nH]c3=O)C2)o1. The van der Waals surface area contributed by atoms with Crippen molar-refractivity contribution in [1.82, 2.24) is 14.9 Å². The van der Waals surface area contributed by atoms with Gasteiger partial charge in [-0.05, 0) is 39.3 Å². The summed E-state index contributed by atoms with van der Waals surface area (Å²) < 4.78 is 11.5. The molecule has 26 heavy (non-hydrogen) atoms. The Balaban J connectivity index is 1.55. The van der Waals surface area contributed by atoms with E-state index in [-0.39, 0.29) is 17.8 Å². The zero-order chi connectivity index (χ0) is 18.3. The summed E-state index contributed by atoms with van der Waals surface area (Å²) in [6.07, 6.45) is 0.964. The first kappa shape index (κ1) is 17.3. The molecule has 2 aromatic rings. The van der Waals surface area contributed by atoms with E-state index in [2.05, 4.69) is 14.8 Å². The van der Waals surface area contributed by atoms with Crippen molar-refractivity contribution in [2.75, 3.05) is 24.5 Å². The number of anilines is 1. The Morgan fingerprint density at radius 3 is 2.73 bits per heavy atom. The number of rotatable bonds is 3. The first-order valence-corrected chi connectivity index (χ1v) is 9.28. The van der Waals surface area contributed by atoms with Crippen LogP contribution in [0, 0.1) is 6.92 Å². The number of hydrogen-bond acceptors (Lipinski definition) is 6. The summed E-state index contributed by atoms with van der Waals surface area (Å²) in [4.78, 5) is 24.8. The van der Waals surface area contributed by atoms with Crippen LogP contribution in [0.25, 0.3) is 0 Å². The van der Waals surface area contributed by atoms with Gasteiger partial charge < -0.3 is 14.1 Å². The molecule has 2 aromatic heterocycles. The molecule has 4 heterocycles. The van der Waals surface area contributed by atoms with Gasteiger partial charge in [-0.3, -0.25) is 14.7 Å². The largest absolute Gasteiger partial charge is 0.465 e. The number of H-pyrrole nitrogens is 1. The molecule has 2 aliphatic rings. The fourth-order valence-electron chi connectivity index (χ4n) is 3.91. The highest BCUT2D eigenvalue weighted by Gasteiger charge is 2.27. The summed E-state index contributed by atoms with van der Waals surface area (Å²) >= 11 is 0. The van der Waals surface area contributed by atoms with Gasteiger partial charge in [0.2, 0.25) is 5.95 Å². The third-order valence-electron chi connectivity index (χ3n) is 5.03. The second-order valence-corrected chi connectivity index (χ2v) is 7.45. The predicted molar refractivity (Wildman–Crippen MR) is 98.3 cm³/mol. The first-order chi connectivity index (χ1) is 12.5. The van der Waals surface area contributed by atoms with Crippen LogP contribution < -0.4 is 10.5 Å². The van der Waals surface area contributed by atoms with Crippen molar-refractivity contribution in [3.8, 4) is 0 Å². The maximum atomic E-state index is 12.6. The summed E-state index contributed by atoms with van der Waals surface area (Å²) in [6, 6.07) is 3.99. The lowest BCUT2D eigenvalue weighted by Crippen LogP contribution is -2.47. The highest BCUT2D eigenvalue weighted by Crippen LogP contribution is 2.21. The van der Waals surface area contributed by atoms with Crippen molar-refractivity contribution in [3.63, 3.8) is 0 Å². The zero-order valence-electron chi connectivity index (χ0n) is 15.6. The van der Waals surface area contributed by atoms with Crippen molar-refractivity contribution in [2.24, 2.45) is 0 Å². The highest BCUT2D eigenvalue weighted by molar-refractivity contribution is 5.35. The highest BCUT2D eigenvalue weighted by atomic mass is 16.5. The quantitative estimate of drug-likeness (QED) is 0.902. The average molecular weight is 358 g/mol. The van der Waals surface area contributed by atoms with E-state index < -0.39 is 0 Å². The van der Waals surface area contributed by atoms with E-state index in [1.165, 1.54) is 0 Å². The Morgan fingerprint density at radius 2 is 2.04 bits per heavy atom. The lowest BCUT2D eigenvalue weighted by Gasteiger charge is -2.36. The van der Waals surface area contributed by atoms with Gasteiger partial charge in [0.25, 0.3) is 5.56 Å². The molecule has 2 atom stereocenters. The van der Waals surface area contributed by atoms with Gasteiger partial charge in [0.05, 0.1) is 24.4 Å². The minimum atomic E-state index is -0.00899. The minimum Gasteiger partial charge on any atom is -0.465 e. The second-order valence-electron chi connectivity index (χ2n) is 7.45. The van der Waals surface area contributed by atoms with E-state index in [4.69, 9.17) is 14.1 Å². The van der Waals surface area contributed by atoms with Crippen molar-refractivity contribution >= 4 is 5.95 Å². The predicted octanol–water partition coefficient (Wildman–Crippen LogP) is 1.84. The van der Waals surface area contributed by atoms with Gasteiger partial charge in [0.15, 0.2) is 0 Å². The van der Waals surface area contributed by atoms with Gasteiger partial charge in [-0.15, -0.1) is 0 Å². The number of aromatic amines is 1. The number of furan rings is 1.